The molecule has 194 valence electrons. The van der Waals surface area contributed by atoms with Crippen molar-refractivity contribution in [2.75, 3.05) is 0 Å². The molecule has 2 heterocycles. The molecule has 8 nitrogen and oxygen atoms in total. The summed E-state index contributed by atoms with van der Waals surface area (Å²) in [5.41, 5.74) is 0.745. The van der Waals surface area contributed by atoms with E-state index in [0.717, 1.165) is 11.1 Å². The number of nitrogens with one attached hydrogen (secondary N) is 2. The fourth-order valence-corrected chi connectivity index (χ4v) is 5.20. The molecule has 1 amide bonds. The number of amides is 1. The Morgan fingerprint density at radius 1 is 0.947 bits per heavy atom. The summed E-state index contributed by atoms with van der Waals surface area (Å²) in [4.78, 5) is 40.6. The summed E-state index contributed by atoms with van der Waals surface area (Å²) in [6.07, 6.45) is -0.326. The van der Waals surface area contributed by atoms with E-state index in [2.05, 4.69) is 16.4 Å². The van der Waals surface area contributed by atoms with E-state index >= 15 is 0 Å². The van der Waals surface area contributed by atoms with Crippen LogP contribution in [0.25, 0.3) is 33.2 Å². The van der Waals surface area contributed by atoms with E-state index in [1.54, 1.807) is 36.4 Å². The van der Waals surface area contributed by atoms with Gasteiger partial charge in [-0.05, 0) is 61.1 Å². The van der Waals surface area contributed by atoms with Crippen molar-refractivity contribution >= 4 is 33.8 Å². The molecule has 2 aliphatic rings. The number of rotatable bonds is 6. The standard InChI is InChI=1S/C28H23F2N3O5/c29-28(30)9-7-27(8-10-28,23(34)14-26(15-31)5-6-26)33-24(35)22-13-18-2-1-17(12-21(18)37-22)16-3-4-20-19(11-16)32-25(36)38-20/h1-4,11-13H,5-10,14H2,(H,32,36)(H,33,35). The number of ketones is 1. The molecule has 0 bridgehead atoms. The number of Topliss-reactive ketones (excluding diaryl/α,β-unsaturated/α-hetero) is 1. The van der Waals surface area contributed by atoms with Crippen molar-refractivity contribution < 1.29 is 27.2 Å². The highest BCUT2D eigenvalue weighted by Gasteiger charge is 2.53. The highest BCUT2D eigenvalue weighted by molar-refractivity contribution is 6.01. The Kier molecular flexibility index (Phi) is 5.31. The van der Waals surface area contributed by atoms with Gasteiger partial charge in [0.1, 0.15) is 5.58 Å². The zero-order valence-electron chi connectivity index (χ0n) is 20.2. The van der Waals surface area contributed by atoms with Gasteiger partial charge in [0.25, 0.3) is 5.91 Å². The molecule has 10 heteroatoms. The SMILES string of the molecule is N#CC1(CC(=O)C2(NC(=O)c3cc4ccc(-c5ccc6oc(=O)[nH]c6c5)cc4o3)CCC(F)(F)CC2)CC1. The number of benzene rings is 2. The maximum atomic E-state index is 14.0. The number of halogens is 2. The van der Waals surface area contributed by atoms with Crippen LogP contribution in [-0.4, -0.2) is 28.1 Å². The van der Waals surface area contributed by atoms with Crippen LogP contribution < -0.4 is 11.1 Å². The van der Waals surface area contributed by atoms with Gasteiger partial charge < -0.3 is 14.2 Å². The normalized spacial score (nSPS) is 19.2. The first-order valence-electron chi connectivity index (χ1n) is 12.4. The maximum absolute atomic E-state index is 14.0. The Morgan fingerprint density at radius 2 is 1.66 bits per heavy atom. The number of nitriles is 1. The van der Waals surface area contributed by atoms with E-state index in [9.17, 15) is 28.4 Å². The molecule has 0 saturated heterocycles. The van der Waals surface area contributed by atoms with Crippen LogP contribution in [-0.2, 0) is 4.79 Å². The minimum absolute atomic E-state index is 0.0438. The highest BCUT2D eigenvalue weighted by atomic mass is 19.3. The number of oxazole rings is 1. The average molecular weight is 520 g/mol. The number of furan rings is 1. The van der Waals surface area contributed by atoms with E-state index in [1.807, 2.05) is 6.07 Å². The molecule has 0 unspecified atom stereocenters. The van der Waals surface area contributed by atoms with Crippen LogP contribution in [0.5, 0.6) is 0 Å². The zero-order valence-corrected chi connectivity index (χ0v) is 20.2. The van der Waals surface area contributed by atoms with Crippen molar-refractivity contribution in [1.82, 2.24) is 10.3 Å². The van der Waals surface area contributed by atoms with Crippen LogP contribution in [0, 0.1) is 16.7 Å². The van der Waals surface area contributed by atoms with E-state index in [0.29, 0.717) is 34.9 Å². The molecular formula is C28H23F2N3O5. The summed E-state index contributed by atoms with van der Waals surface area (Å²) >= 11 is 0. The van der Waals surface area contributed by atoms with Gasteiger partial charge in [0.2, 0.25) is 5.92 Å². The van der Waals surface area contributed by atoms with Crippen molar-refractivity contribution in [2.24, 2.45) is 5.41 Å². The highest BCUT2D eigenvalue weighted by Crippen LogP contribution is 2.50. The van der Waals surface area contributed by atoms with Crippen LogP contribution in [0.1, 0.15) is 55.5 Å². The van der Waals surface area contributed by atoms with Crippen molar-refractivity contribution in [1.29, 1.82) is 5.26 Å². The Hall–Kier alpha value is -4.26. The summed E-state index contributed by atoms with van der Waals surface area (Å²) < 4.78 is 38.8. The first-order valence-corrected chi connectivity index (χ1v) is 12.4. The minimum Gasteiger partial charge on any atom is -0.451 e. The molecule has 2 N–H and O–H groups in total. The number of aromatic nitrogens is 1. The molecule has 2 aliphatic carbocycles. The molecule has 2 fully saturated rings. The second kappa shape index (κ2) is 8.38. The number of carbonyl (C=O) groups excluding carboxylic acids is 2. The van der Waals surface area contributed by atoms with Gasteiger partial charge in [-0.15, -0.1) is 0 Å². The third-order valence-electron chi connectivity index (χ3n) is 7.81. The Morgan fingerprint density at radius 3 is 2.37 bits per heavy atom. The Bertz CT molecular complexity index is 1690. The molecule has 4 aromatic rings. The summed E-state index contributed by atoms with van der Waals surface area (Å²) in [6.45, 7) is 0. The predicted octanol–water partition coefficient (Wildman–Crippen LogP) is 5.48. The number of aromatic amines is 1. The number of carbonyl (C=O) groups is 2. The lowest BCUT2D eigenvalue weighted by Gasteiger charge is -2.39. The Labute approximate surface area is 214 Å². The minimum atomic E-state index is -2.90. The third-order valence-corrected chi connectivity index (χ3v) is 7.81. The molecule has 2 aromatic carbocycles. The molecule has 0 aliphatic heterocycles. The van der Waals surface area contributed by atoms with Gasteiger partial charge in [0, 0.05) is 24.6 Å². The first kappa shape index (κ1) is 24.1. The smallest absolute Gasteiger partial charge is 0.417 e. The number of alkyl halides is 2. The van der Waals surface area contributed by atoms with Crippen LogP contribution in [0.4, 0.5) is 8.78 Å². The number of nitrogens with zero attached hydrogens (tertiary/aromatic N) is 1. The average Bonchev–Trinajstić information content (AvgIpc) is 3.36. The molecular weight excluding hydrogens is 496 g/mol. The van der Waals surface area contributed by atoms with Crippen LogP contribution in [0.3, 0.4) is 0 Å². The molecule has 6 rings (SSSR count). The summed E-state index contributed by atoms with van der Waals surface area (Å²) in [6, 6.07) is 14.3. The largest absolute Gasteiger partial charge is 0.451 e. The quantitative estimate of drug-likeness (QED) is 0.347. The van der Waals surface area contributed by atoms with Gasteiger partial charge in [-0.2, -0.15) is 5.26 Å². The zero-order chi connectivity index (χ0) is 26.7. The van der Waals surface area contributed by atoms with Crippen LogP contribution in [0.15, 0.2) is 56.1 Å². The number of fused-ring (bicyclic) bond motifs is 2. The van der Waals surface area contributed by atoms with E-state index < -0.39 is 41.4 Å². The summed E-state index contributed by atoms with van der Waals surface area (Å²) in [5, 5.41) is 12.8. The lowest BCUT2D eigenvalue weighted by Crippen LogP contribution is -2.58. The van der Waals surface area contributed by atoms with Crippen LogP contribution in [0.2, 0.25) is 0 Å². The molecule has 0 radical (unpaired) electrons. The van der Waals surface area contributed by atoms with Crippen molar-refractivity contribution in [3.8, 4) is 17.2 Å². The first-order chi connectivity index (χ1) is 18.1. The number of hydrogen-bond donors (Lipinski definition) is 2. The monoisotopic (exact) mass is 519 g/mol. The van der Waals surface area contributed by atoms with Gasteiger partial charge in [-0.3, -0.25) is 14.6 Å². The second-order valence-corrected chi connectivity index (χ2v) is 10.5. The van der Waals surface area contributed by atoms with Crippen molar-refractivity contribution in [3.05, 3.63) is 58.8 Å². The summed E-state index contributed by atoms with van der Waals surface area (Å²) in [7, 11) is 0. The predicted molar refractivity (Wildman–Crippen MR) is 133 cm³/mol. The fraction of sp³-hybridized carbons (Fsp3) is 0.357. The molecule has 2 saturated carbocycles. The Balaban J connectivity index is 1.27. The third kappa shape index (κ3) is 4.28. The molecule has 38 heavy (non-hydrogen) atoms. The maximum Gasteiger partial charge on any atom is 0.417 e. The van der Waals surface area contributed by atoms with Crippen molar-refractivity contribution in [3.63, 3.8) is 0 Å². The van der Waals surface area contributed by atoms with Gasteiger partial charge in [-0.25, -0.2) is 13.6 Å². The fourth-order valence-electron chi connectivity index (χ4n) is 5.20. The van der Waals surface area contributed by atoms with E-state index in [1.165, 1.54) is 0 Å². The second-order valence-electron chi connectivity index (χ2n) is 10.5. The van der Waals surface area contributed by atoms with Gasteiger partial charge in [0.05, 0.1) is 22.5 Å². The molecule has 2 aromatic heterocycles. The topological polar surface area (TPSA) is 129 Å². The van der Waals surface area contributed by atoms with E-state index in [-0.39, 0.29) is 30.8 Å². The van der Waals surface area contributed by atoms with Gasteiger partial charge in [-0.1, -0.05) is 18.2 Å². The molecule has 0 spiro atoms. The lowest BCUT2D eigenvalue weighted by atomic mass is 9.74. The van der Waals surface area contributed by atoms with E-state index in [4.69, 9.17) is 8.83 Å². The lowest BCUT2D eigenvalue weighted by molar-refractivity contribution is -0.131. The number of hydrogen-bond acceptors (Lipinski definition) is 6. The van der Waals surface area contributed by atoms with Gasteiger partial charge >= 0.3 is 5.76 Å². The van der Waals surface area contributed by atoms with Crippen LogP contribution >= 0.6 is 0 Å². The van der Waals surface area contributed by atoms with Crippen molar-refractivity contribution in [2.45, 2.75) is 56.4 Å². The van der Waals surface area contributed by atoms with Gasteiger partial charge in [0.15, 0.2) is 17.1 Å². The summed E-state index contributed by atoms with van der Waals surface area (Å²) in [5.74, 6) is -4.54. The number of H-pyrrole nitrogens is 1. The molecule has 0 atom stereocenters.